The molecule has 1 N–H and O–H groups in total. The van der Waals surface area contributed by atoms with Gasteiger partial charge >= 0.3 is 0 Å². The molecule has 0 unspecified atom stereocenters. The average molecular weight is 364 g/mol. The van der Waals surface area contributed by atoms with Gasteiger partial charge in [0.15, 0.2) is 11.5 Å². The van der Waals surface area contributed by atoms with E-state index in [4.69, 9.17) is 9.47 Å². The lowest BCUT2D eigenvalue weighted by Gasteiger charge is -2.14. The Morgan fingerprint density at radius 1 is 1.22 bits per heavy atom. The molecule has 140 valence electrons. The van der Waals surface area contributed by atoms with Crippen LogP contribution in [0.1, 0.15) is 37.4 Å². The maximum Gasteiger partial charge on any atom is 0.262 e. The molecule has 0 aliphatic heterocycles. The van der Waals surface area contributed by atoms with E-state index < -0.39 is 5.91 Å². The standard InChI is InChI=1S/C22H24N2O3/c1-4-12-27-20-11-10-17(14-21(20)26-3)13-19(15-23)22(25)24-16(2)18-8-6-5-7-9-18/h5-11,13-14,16H,4,12H2,1-3H3,(H,24,25)/b19-13+/t16-/m1/s1. The molecule has 0 fully saturated rings. The Hall–Kier alpha value is -3.26. The number of benzene rings is 2. The second-order valence-electron chi connectivity index (χ2n) is 6.03. The second kappa shape index (κ2) is 10.0. The highest BCUT2D eigenvalue weighted by Gasteiger charge is 2.14. The zero-order valence-electron chi connectivity index (χ0n) is 15.9. The summed E-state index contributed by atoms with van der Waals surface area (Å²) in [4.78, 5) is 12.5. The number of amides is 1. The molecule has 0 spiro atoms. The summed E-state index contributed by atoms with van der Waals surface area (Å²) in [7, 11) is 1.56. The van der Waals surface area contributed by atoms with Crippen molar-refractivity contribution in [2.24, 2.45) is 0 Å². The highest BCUT2D eigenvalue weighted by molar-refractivity contribution is 6.01. The van der Waals surface area contributed by atoms with Gasteiger partial charge in [-0.1, -0.05) is 43.3 Å². The van der Waals surface area contributed by atoms with Crippen molar-refractivity contribution in [3.05, 3.63) is 65.2 Å². The first-order valence-corrected chi connectivity index (χ1v) is 8.87. The van der Waals surface area contributed by atoms with Gasteiger partial charge in [-0.15, -0.1) is 0 Å². The maximum absolute atomic E-state index is 12.5. The van der Waals surface area contributed by atoms with E-state index in [0.29, 0.717) is 23.7 Å². The molecule has 2 rings (SSSR count). The van der Waals surface area contributed by atoms with Gasteiger partial charge < -0.3 is 14.8 Å². The van der Waals surface area contributed by atoms with Crippen molar-refractivity contribution in [1.82, 2.24) is 5.32 Å². The van der Waals surface area contributed by atoms with Crippen molar-refractivity contribution in [2.45, 2.75) is 26.3 Å². The van der Waals surface area contributed by atoms with Gasteiger partial charge in [0.25, 0.3) is 5.91 Å². The van der Waals surface area contributed by atoms with Crippen molar-refractivity contribution < 1.29 is 14.3 Å². The number of rotatable bonds is 8. The first-order chi connectivity index (χ1) is 13.1. The molecule has 0 heterocycles. The van der Waals surface area contributed by atoms with Crippen LogP contribution in [0.4, 0.5) is 0 Å². The van der Waals surface area contributed by atoms with Crippen LogP contribution in [0.15, 0.2) is 54.1 Å². The largest absolute Gasteiger partial charge is 0.493 e. The topological polar surface area (TPSA) is 71.3 Å². The summed E-state index contributed by atoms with van der Waals surface area (Å²) in [5.74, 6) is 0.781. The Bertz CT molecular complexity index is 838. The van der Waals surface area contributed by atoms with Crippen LogP contribution < -0.4 is 14.8 Å². The van der Waals surface area contributed by atoms with E-state index in [1.165, 1.54) is 0 Å². The third kappa shape index (κ3) is 5.61. The Labute approximate surface area is 160 Å². The monoisotopic (exact) mass is 364 g/mol. The van der Waals surface area contributed by atoms with Gasteiger partial charge in [0, 0.05) is 0 Å². The number of nitriles is 1. The Morgan fingerprint density at radius 2 is 1.96 bits per heavy atom. The van der Waals surface area contributed by atoms with E-state index in [0.717, 1.165) is 12.0 Å². The van der Waals surface area contributed by atoms with Gasteiger partial charge in [-0.3, -0.25) is 4.79 Å². The lowest BCUT2D eigenvalue weighted by molar-refractivity contribution is -0.117. The number of hydrogen-bond donors (Lipinski definition) is 1. The van der Waals surface area contributed by atoms with E-state index in [1.807, 2.05) is 50.2 Å². The Kier molecular flexibility index (Phi) is 7.45. The fourth-order valence-electron chi connectivity index (χ4n) is 2.52. The molecule has 1 atom stereocenters. The molecular weight excluding hydrogens is 340 g/mol. The number of nitrogens with zero attached hydrogens (tertiary/aromatic N) is 1. The molecule has 0 aromatic heterocycles. The molecular formula is C22H24N2O3. The summed E-state index contributed by atoms with van der Waals surface area (Å²) in [5, 5.41) is 12.3. The van der Waals surface area contributed by atoms with Crippen molar-refractivity contribution in [3.8, 4) is 17.6 Å². The van der Waals surface area contributed by atoms with Crippen LogP contribution in [0.25, 0.3) is 6.08 Å². The molecule has 2 aromatic carbocycles. The smallest absolute Gasteiger partial charge is 0.262 e. The van der Waals surface area contributed by atoms with Crippen LogP contribution in [-0.2, 0) is 4.79 Å². The number of carbonyl (C=O) groups excluding carboxylic acids is 1. The van der Waals surface area contributed by atoms with Gasteiger partial charge in [-0.25, -0.2) is 0 Å². The summed E-state index contributed by atoms with van der Waals surface area (Å²) in [5.41, 5.74) is 1.69. The van der Waals surface area contributed by atoms with Crippen molar-refractivity contribution in [2.75, 3.05) is 13.7 Å². The summed E-state index contributed by atoms with van der Waals surface area (Å²) >= 11 is 0. The fourth-order valence-corrected chi connectivity index (χ4v) is 2.52. The van der Waals surface area contributed by atoms with E-state index >= 15 is 0 Å². The summed E-state index contributed by atoms with van der Waals surface area (Å²) in [6, 6.07) is 16.7. The number of nitrogens with one attached hydrogen (secondary N) is 1. The quantitative estimate of drug-likeness (QED) is 0.561. The lowest BCUT2D eigenvalue weighted by atomic mass is 10.1. The van der Waals surface area contributed by atoms with Crippen molar-refractivity contribution in [3.63, 3.8) is 0 Å². The minimum atomic E-state index is -0.417. The number of carbonyl (C=O) groups is 1. The van der Waals surface area contributed by atoms with Crippen LogP contribution >= 0.6 is 0 Å². The molecule has 0 radical (unpaired) electrons. The number of hydrogen-bond acceptors (Lipinski definition) is 4. The fraction of sp³-hybridized carbons (Fsp3) is 0.273. The Balaban J connectivity index is 2.17. The van der Waals surface area contributed by atoms with Gasteiger partial charge in [-0.2, -0.15) is 5.26 Å². The molecule has 0 aliphatic carbocycles. The van der Waals surface area contributed by atoms with Crippen LogP contribution in [0.5, 0.6) is 11.5 Å². The normalized spacial score (nSPS) is 12.0. The van der Waals surface area contributed by atoms with Crippen LogP contribution in [0.3, 0.4) is 0 Å². The second-order valence-corrected chi connectivity index (χ2v) is 6.03. The van der Waals surface area contributed by atoms with Crippen LogP contribution in [-0.4, -0.2) is 19.6 Å². The van der Waals surface area contributed by atoms with E-state index in [2.05, 4.69) is 5.32 Å². The summed E-state index contributed by atoms with van der Waals surface area (Å²) in [6.07, 6.45) is 2.43. The molecule has 27 heavy (non-hydrogen) atoms. The number of methoxy groups -OCH3 is 1. The third-order valence-corrected chi connectivity index (χ3v) is 3.97. The predicted octanol–water partition coefficient (Wildman–Crippen LogP) is 4.27. The van der Waals surface area contributed by atoms with Gasteiger partial charge in [-0.05, 0) is 42.7 Å². The summed E-state index contributed by atoms with van der Waals surface area (Å²) in [6.45, 7) is 4.50. The molecule has 1 amide bonds. The maximum atomic E-state index is 12.5. The molecule has 0 saturated carbocycles. The first-order valence-electron chi connectivity index (χ1n) is 8.87. The van der Waals surface area contributed by atoms with Gasteiger partial charge in [0.2, 0.25) is 0 Å². The van der Waals surface area contributed by atoms with Gasteiger partial charge in [0.05, 0.1) is 19.8 Å². The minimum Gasteiger partial charge on any atom is -0.493 e. The zero-order chi connectivity index (χ0) is 19.6. The molecule has 5 nitrogen and oxygen atoms in total. The summed E-state index contributed by atoms with van der Waals surface area (Å²) < 4.78 is 11.0. The minimum absolute atomic E-state index is 0.0297. The molecule has 5 heteroatoms. The highest BCUT2D eigenvalue weighted by Crippen LogP contribution is 2.29. The predicted molar refractivity (Wildman–Crippen MR) is 105 cm³/mol. The van der Waals surface area contributed by atoms with E-state index in [1.54, 1.807) is 31.4 Å². The van der Waals surface area contributed by atoms with Crippen LogP contribution in [0.2, 0.25) is 0 Å². The van der Waals surface area contributed by atoms with Crippen LogP contribution in [0, 0.1) is 11.3 Å². The van der Waals surface area contributed by atoms with E-state index in [9.17, 15) is 10.1 Å². The average Bonchev–Trinajstić information content (AvgIpc) is 2.71. The molecule has 0 aliphatic rings. The van der Waals surface area contributed by atoms with E-state index in [-0.39, 0.29) is 11.6 Å². The zero-order valence-corrected chi connectivity index (χ0v) is 15.9. The van der Waals surface area contributed by atoms with Crippen molar-refractivity contribution >= 4 is 12.0 Å². The molecule has 0 bridgehead atoms. The molecule has 2 aromatic rings. The molecule has 0 saturated heterocycles. The third-order valence-electron chi connectivity index (χ3n) is 3.97. The first kappa shape index (κ1) is 20.1. The Morgan fingerprint density at radius 3 is 2.59 bits per heavy atom. The van der Waals surface area contributed by atoms with Crippen molar-refractivity contribution in [1.29, 1.82) is 5.26 Å². The SMILES string of the molecule is CCCOc1ccc(/C=C(\C#N)C(=O)N[C@H](C)c2ccccc2)cc1OC. The number of ether oxygens (including phenoxy) is 2. The highest BCUT2D eigenvalue weighted by atomic mass is 16.5. The van der Waals surface area contributed by atoms with Gasteiger partial charge in [0.1, 0.15) is 11.6 Å². The lowest BCUT2D eigenvalue weighted by Crippen LogP contribution is -2.27.